The number of hydrogen-bond acceptors (Lipinski definition) is 3. The minimum Gasteiger partial charge on any atom is -0.338 e. The fourth-order valence-electron chi connectivity index (χ4n) is 2.36. The highest BCUT2D eigenvalue weighted by molar-refractivity contribution is 9.10. The van der Waals surface area contributed by atoms with Gasteiger partial charge in [-0.2, -0.15) is 0 Å². The Bertz CT molecular complexity index is 458. The van der Waals surface area contributed by atoms with Crippen molar-refractivity contribution in [2.24, 2.45) is 5.73 Å². The van der Waals surface area contributed by atoms with Crippen LogP contribution in [-0.2, 0) is 10.3 Å². The van der Waals surface area contributed by atoms with Crippen molar-refractivity contribution >= 4 is 21.8 Å². The number of halogens is 1. The summed E-state index contributed by atoms with van der Waals surface area (Å²) in [6.07, 6.45) is 0. The van der Waals surface area contributed by atoms with Crippen molar-refractivity contribution in [3.8, 4) is 0 Å². The molecule has 5 heteroatoms. The number of benzene rings is 1. The molecule has 0 spiro atoms. The van der Waals surface area contributed by atoms with Crippen molar-refractivity contribution in [2.75, 3.05) is 19.6 Å². The van der Waals surface area contributed by atoms with E-state index in [4.69, 9.17) is 5.73 Å². The predicted octanol–water partition coefficient (Wildman–Crippen LogP) is 1.44. The molecule has 2 rings (SSSR count). The molecule has 1 amide bonds. The molecule has 0 saturated carbocycles. The lowest BCUT2D eigenvalue weighted by Crippen LogP contribution is -2.58. The van der Waals surface area contributed by atoms with Crippen LogP contribution in [0.25, 0.3) is 0 Å². The van der Waals surface area contributed by atoms with Gasteiger partial charge in [-0.25, -0.2) is 0 Å². The van der Waals surface area contributed by atoms with Gasteiger partial charge in [0.15, 0.2) is 0 Å². The van der Waals surface area contributed by atoms with E-state index >= 15 is 0 Å². The van der Waals surface area contributed by atoms with Crippen LogP contribution in [0.4, 0.5) is 0 Å². The van der Waals surface area contributed by atoms with E-state index in [1.54, 1.807) is 6.92 Å². The summed E-state index contributed by atoms with van der Waals surface area (Å²) in [5.41, 5.74) is 6.15. The van der Waals surface area contributed by atoms with Crippen molar-refractivity contribution < 1.29 is 4.79 Å². The average molecular weight is 326 g/mol. The topological polar surface area (TPSA) is 58.4 Å². The third kappa shape index (κ3) is 3.16. The van der Waals surface area contributed by atoms with Crippen LogP contribution < -0.4 is 11.1 Å². The van der Waals surface area contributed by atoms with Gasteiger partial charge in [-0.05, 0) is 31.5 Å². The van der Waals surface area contributed by atoms with Gasteiger partial charge in [0.05, 0.1) is 0 Å². The Labute approximate surface area is 122 Å². The number of piperazine rings is 1. The van der Waals surface area contributed by atoms with E-state index in [2.05, 4.69) is 28.2 Å². The summed E-state index contributed by atoms with van der Waals surface area (Å²) < 4.78 is 0.982. The second-order valence-corrected chi connectivity index (χ2v) is 6.23. The minimum absolute atomic E-state index is 0.0110. The molecule has 1 fully saturated rings. The summed E-state index contributed by atoms with van der Waals surface area (Å²) in [4.78, 5) is 14.5. The number of nitrogens with two attached hydrogens (primary N) is 1. The SMILES string of the molecule is C[C@@H]1CN(C(=O)C(C)(N)c2ccc(Br)cc2)CCN1. The van der Waals surface area contributed by atoms with Crippen LogP contribution in [0.5, 0.6) is 0 Å². The molecule has 104 valence electrons. The molecule has 1 aliphatic heterocycles. The van der Waals surface area contributed by atoms with Crippen molar-refractivity contribution in [3.05, 3.63) is 34.3 Å². The molecule has 4 nitrogen and oxygen atoms in total. The van der Waals surface area contributed by atoms with Crippen molar-refractivity contribution in [1.29, 1.82) is 0 Å². The number of carbonyl (C=O) groups excluding carboxylic acids is 1. The lowest BCUT2D eigenvalue weighted by molar-refractivity contribution is -0.137. The Hall–Kier alpha value is -0.910. The van der Waals surface area contributed by atoms with E-state index in [1.807, 2.05) is 29.2 Å². The van der Waals surface area contributed by atoms with Gasteiger partial charge < -0.3 is 16.0 Å². The zero-order valence-electron chi connectivity index (χ0n) is 11.3. The van der Waals surface area contributed by atoms with Crippen LogP contribution >= 0.6 is 15.9 Å². The number of amides is 1. The number of carbonyl (C=O) groups is 1. The van der Waals surface area contributed by atoms with Gasteiger partial charge in [-0.1, -0.05) is 28.1 Å². The molecule has 0 aromatic heterocycles. The van der Waals surface area contributed by atoms with Crippen molar-refractivity contribution in [1.82, 2.24) is 10.2 Å². The van der Waals surface area contributed by atoms with Crippen LogP contribution in [0.3, 0.4) is 0 Å². The molecule has 1 aromatic rings. The monoisotopic (exact) mass is 325 g/mol. The summed E-state index contributed by atoms with van der Waals surface area (Å²) >= 11 is 3.39. The molecule has 19 heavy (non-hydrogen) atoms. The molecule has 1 aliphatic rings. The van der Waals surface area contributed by atoms with Crippen LogP contribution in [0, 0.1) is 0 Å². The van der Waals surface area contributed by atoms with Gasteiger partial charge >= 0.3 is 0 Å². The van der Waals surface area contributed by atoms with Crippen molar-refractivity contribution in [3.63, 3.8) is 0 Å². The molecule has 1 aromatic carbocycles. The first kappa shape index (κ1) is 14.5. The number of hydrogen-bond donors (Lipinski definition) is 2. The Balaban J connectivity index is 2.18. The van der Waals surface area contributed by atoms with E-state index in [1.165, 1.54) is 0 Å². The maximum absolute atomic E-state index is 12.6. The van der Waals surface area contributed by atoms with E-state index in [0.717, 1.165) is 16.6 Å². The summed E-state index contributed by atoms with van der Waals surface area (Å²) in [5, 5.41) is 3.32. The zero-order valence-corrected chi connectivity index (χ0v) is 12.9. The fourth-order valence-corrected chi connectivity index (χ4v) is 2.63. The molecule has 1 saturated heterocycles. The van der Waals surface area contributed by atoms with Crippen LogP contribution in [0.1, 0.15) is 19.4 Å². The van der Waals surface area contributed by atoms with Gasteiger partial charge in [-0.15, -0.1) is 0 Å². The summed E-state index contributed by atoms with van der Waals surface area (Å²) in [7, 11) is 0. The van der Waals surface area contributed by atoms with Crippen molar-refractivity contribution in [2.45, 2.75) is 25.4 Å². The quantitative estimate of drug-likeness (QED) is 0.865. The van der Waals surface area contributed by atoms with Gasteiger partial charge in [0.25, 0.3) is 0 Å². The third-order valence-corrected chi connectivity index (χ3v) is 4.07. The Morgan fingerprint density at radius 1 is 1.47 bits per heavy atom. The summed E-state index contributed by atoms with van der Waals surface area (Å²) in [6, 6.07) is 7.93. The minimum atomic E-state index is -0.974. The molecule has 2 atom stereocenters. The normalized spacial score (nSPS) is 22.9. The Morgan fingerprint density at radius 2 is 2.11 bits per heavy atom. The first-order valence-electron chi connectivity index (χ1n) is 6.49. The third-order valence-electron chi connectivity index (χ3n) is 3.54. The highest BCUT2D eigenvalue weighted by Crippen LogP contribution is 2.23. The summed E-state index contributed by atoms with van der Waals surface area (Å²) in [5.74, 6) is -0.0110. The number of nitrogens with one attached hydrogen (secondary N) is 1. The molecule has 0 bridgehead atoms. The predicted molar refractivity (Wildman–Crippen MR) is 79.7 cm³/mol. The molecule has 1 unspecified atom stereocenters. The van der Waals surface area contributed by atoms with E-state index in [-0.39, 0.29) is 5.91 Å². The fraction of sp³-hybridized carbons (Fsp3) is 0.500. The maximum Gasteiger partial charge on any atom is 0.247 e. The molecule has 3 N–H and O–H groups in total. The Morgan fingerprint density at radius 3 is 2.68 bits per heavy atom. The zero-order chi connectivity index (χ0) is 14.0. The lowest BCUT2D eigenvalue weighted by atomic mass is 9.91. The van der Waals surface area contributed by atoms with E-state index in [9.17, 15) is 4.79 Å². The van der Waals surface area contributed by atoms with Crippen LogP contribution in [-0.4, -0.2) is 36.5 Å². The highest BCUT2D eigenvalue weighted by Gasteiger charge is 2.35. The summed E-state index contributed by atoms with van der Waals surface area (Å²) in [6.45, 7) is 6.11. The van der Waals surface area contributed by atoms with Gasteiger partial charge in [0.2, 0.25) is 5.91 Å². The molecular weight excluding hydrogens is 306 g/mol. The molecule has 1 heterocycles. The second-order valence-electron chi connectivity index (χ2n) is 5.32. The molecular formula is C14H20BrN3O. The van der Waals surface area contributed by atoms with E-state index < -0.39 is 5.54 Å². The number of nitrogens with zero attached hydrogens (tertiary/aromatic N) is 1. The number of rotatable bonds is 2. The average Bonchev–Trinajstić information content (AvgIpc) is 2.38. The smallest absolute Gasteiger partial charge is 0.247 e. The van der Waals surface area contributed by atoms with Crippen LogP contribution in [0.15, 0.2) is 28.7 Å². The first-order chi connectivity index (χ1) is 8.91. The van der Waals surface area contributed by atoms with Crippen LogP contribution in [0.2, 0.25) is 0 Å². The molecule has 0 aliphatic carbocycles. The van der Waals surface area contributed by atoms with Gasteiger partial charge in [-0.3, -0.25) is 4.79 Å². The molecule has 0 radical (unpaired) electrons. The van der Waals surface area contributed by atoms with Gasteiger partial charge in [0, 0.05) is 30.1 Å². The first-order valence-corrected chi connectivity index (χ1v) is 7.28. The standard InChI is InChI=1S/C14H20BrN3O/c1-10-9-18(8-7-17-10)13(19)14(2,16)11-3-5-12(15)6-4-11/h3-6,10,17H,7-9,16H2,1-2H3/t10-,14?/m1/s1. The largest absolute Gasteiger partial charge is 0.338 e. The van der Waals surface area contributed by atoms with Gasteiger partial charge in [0.1, 0.15) is 5.54 Å². The highest BCUT2D eigenvalue weighted by atomic mass is 79.9. The maximum atomic E-state index is 12.6. The second kappa shape index (κ2) is 5.61. The lowest BCUT2D eigenvalue weighted by Gasteiger charge is -2.37. The Kier molecular flexibility index (Phi) is 4.28. The van der Waals surface area contributed by atoms with E-state index in [0.29, 0.717) is 19.1 Å².